The van der Waals surface area contributed by atoms with Crippen molar-refractivity contribution >= 4 is 75.7 Å². The summed E-state index contributed by atoms with van der Waals surface area (Å²) in [6.45, 7) is 8.67. The molecule has 0 bridgehead atoms. The molecule has 1 saturated carbocycles. The van der Waals surface area contributed by atoms with Crippen LogP contribution in [0.15, 0.2) is 243 Å². The lowest BCUT2D eigenvalue weighted by Crippen LogP contribution is -2.26. The zero-order chi connectivity index (χ0) is 91.5. The Morgan fingerprint density at radius 2 is 0.729 bits per heavy atom. The predicted molar refractivity (Wildman–Crippen MR) is 522 cm³/mol. The first kappa shape index (κ1) is 91.8. The lowest BCUT2D eigenvalue weighted by atomic mass is 10.0. The fourth-order valence-electron chi connectivity index (χ4n) is 17.7. The zero-order valence-corrected chi connectivity index (χ0v) is 77.7. The Kier molecular flexibility index (Phi) is 30.3. The minimum absolute atomic E-state index is 0.0397. The van der Waals surface area contributed by atoms with Crippen LogP contribution in [0.4, 0.5) is 5.69 Å². The summed E-state index contributed by atoms with van der Waals surface area (Å²) in [6, 6.07) is 69.8. The number of imidazole rings is 4. The largest absolute Gasteiger partial charge is 0.497 e. The van der Waals surface area contributed by atoms with Crippen LogP contribution < -0.4 is 49.9 Å². The van der Waals surface area contributed by atoms with Gasteiger partial charge < -0.3 is 68.1 Å². The molecular formula is C107H107Cl4N13O9. The molecule has 682 valence electrons. The van der Waals surface area contributed by atoms with Crippen molar-refractivity contribution in [2.45, 2.75) is 174 Å². The number of anilines is 1. The molecule has 1 saturated heterocycles. The number of nitrogens with one attached hydrogen (secondary N) is 4. The highest BCUT2D eigenvalue weighted by molar-refractivity contribution is 6.42. The molecule has 14 aromatic rings. The number of carbonyl (C=O) groups excluding carboxylic acids is 4. The second-order valence-corrected chi connectivity index (χ2v) is 35.8. The van der Waals surface area contributed by atoms with Gasteiger partial charge in [-0.1, -0.05) is 137 Å². The fourth-order valence-corrected chi connectivity index (χ4v) is 18.3. The Morgan fingerprint density at radius 1 is 0.353 bits per heavy atom. The van der Waals surface area contributed by atoms with E-state index in [9.17, 15) is 19.2 Å². The van der Waals surface area contributed by atoms with Crippen LogP contribution in [0.25, 0.3) is 45.0 Å². The highest BCUT2D eigenvalue weighted by Gasteiger charge is 2.26. The van der Waals surface area contributed by atoms with Gasteiger partial charge in [-0.2, -0.15) is 0 Å². The molecule has 0 spiro atoms. The molecule has 4 aromatic heterocycles. The van der Waals surface area contributed by atoms with E-state index in [0.717, 1.165) is 215 Å². The third-order valence-electron chi connectivity index (χ3n) is 24.8. The summed E-state index contributed by atoms with van der Waals surface area (Å²) in [5, 5.41) is 14.1. The minimum Gasteiger partial charge on any atom is -0.497 e. The molecular weight excluding hydrogens is 1750 g/mol. The average Bonchev–Trinajstić information content (AvgIpc) is 1.64. The van der Waals surface area contributed by atoms with E-state index in [1.54, 1.807) is 74.9 Å². The number of ether oxygens (including phenoxy) is 5. The van der Waals surface area contributed by atoms with Crippen molar-refractivity contribution in [1.82, 2.24) is 59.5 Å². The molecule has 1 aliphatic carbocycles. The number of amides is 4. The lowest BCUT2D eigenvalue weighted by Gasteiger charge is -2.22. The van der Waals surface area contributed by atoms with E-state index in [1.165, 1.54) is 50.0 Å². The molecule has 22 nitrogen and oxygen atoms in total. The SMILES string of the molecule is COc1cccc(C(=O)NCc2cc(-c3cn4c(n3)CCC4)ccc2OC2CCCC2)c1.COc1cccc(C(=O)NCc2cc(-c3cn4c(n3)CCC4)ccc2OCc2ccccc2)c1.O=C(Cc1ccc(Cl)c(Cl)c1)NCc1cc(-c2cn3c(n2)CCC3)ccc1N1CCCC1.O=C(Cc1ccc(Cl)c(Cl)c1)NCc1cc(-c2cn3c(n2)CCC3)ccc1OCc1ccccc1. The van der Waals surface area contributed by atoms with E-state index >= 15 is 0 Å². The van der Waals surface area contributed by atoms with Gasteiger partial charge in [0.05, 0.1) is 76.0 Å². The van der Waals surface area contributed by atoms with Gasteiger partial charge in [0.2, 0.25) is 11.8 Å². The summed E-state index contributed by atoms with van der Waals surface area (Å²) in [5.41, 5.74) is 18.1. The van der Waals surface area contributed by atoms with Crippen molar-refractivity contribution < 1.29 is 42.9 Å². The first-order valence-electron chi connectivity index (χ1n) is 45.8. The molecule has 26 heteroatoms. The number of methoxy groups -OCH3 is 2. The first-order chi connectivity index (χ1) is 65.0. The number of aryl methyl sites for hydroxylation is 8. The summed E-state index contributed by atoms with van der Waals surface area (Å²) in [5.74, 6) is 7.76. The standard InChI is InChI=1S/C28H25Cl2N3O2.C28H27N3O3.C26H29N3O3.C25H26Cl2N4O/c29-23-10-8-20(13-24(23)30)14-28(34)31-16-22-15-21(25-17-33-12-4-7-27(33)32-25)9-11-26(22)35-18-19-5-2-1-3-6-19;1-33-24-10-5-9-22(16-24)28(32)29-17-23-15-21(25-18-31-14-6-11-27(31)30-25)12-13-26(23)34-19-20-7-3-2-4-8-20;1-31-22-9-4-6-19(15-22)26(30)27-16-20-14-18(23-17-29-13-5-10-25(29)28-23)11-12-24(20)32-21-7-2-3-8-21;26-20-7-5-17(12-21(20)27)13-25(32)28-15-19-14-18(6-8-23(19)30-9-1-2-10-30)22-16-31-11-3-4-24(31)29-22/h1-3,5-6,8-11,13,15,17H,4,7,12,14,16,18H2,(H,31,34);2-5,7-10,12-13,15-16,18H,6,11,14,17,19H2,1H3,(H,29,32);4,6,9,11-12,14-15,17,21H,2-3,5,7-8,10,13,16H2,1H3,(H,27,30);5-8,12,14,16H,1-4,9-11,13,15H2,(H,28,32). The quantitative estimate of drug-likeness (QED) is 0.0341. The minimum atomic E-state index is -0.167. The number of fused-ring (bicyclic) bond motifs is 4. The summed E-state index contributed by atoms with van der Waals surface area (Å²) < 4.78 is 38.0. The second kappa shape index (κ2) is 43.9. The maximum absolute atomic E-state index is 12.8. The van der Waals surface area contributed by atoms with Crippen LogP contribution in [0.5, 0.6) is 28.7 Å². The number of benzene rings is 10. The van der Waals surface area contributed by atoms with Crippen LogP contribution in [0.2, 0.25) is 20.1 Å². The van der Waals surface area contributed by atoms with Gasteiger partial charge in [-0.05, 0) is 219 Å². The zero-order valence-electron chi connectivity index (χ0n) is 74.7. The third kappa shape index (κ3) is 23.9. The Labute approximate surface area is 795 Å². The van der Waals surface area contributed by atoms with Crippen LogP contribution in [0.1, 0.15) is 153 Å². The maximum atomic E-state index is 12.8. The molecule has 9 heterocycles. The van der Waals surface area contributed by atoms with Crippen LogP contribution in [-0.4, -0.2) is 95.2 Å². The molecule has 10 aromatic carbocycles. The Balaban J connectivity index is 0.000000124. The van der Waals surface area contributed by atoms with Crippen LogP contribution >= 0.6 is 46.4 Å². The normalized spacial score (nSPS) is 13.8. The van der Waals surface area contributed by atoms with Gasteiger partial charge in [0.15, 0.2) is 0 Å². The number of hydrogen-bond donors (Lipinski definition) is 4. The fraction of sp³-hybridized carbons (Fsp3) is 0.290. The van der Waals surface area contributed by atoms with Gasteiger partial charge in [-0.25, -0.2) is 19.9 Å². The number of carbonyl (C=O) groups is 4. The second-order valence-electron chi connectivity index (χ2n) is 34.2. The monoisotopic (exact) mass is 1860 g/mol. The summed E-state index contributed by atoms with van der Waals surface area (Å²) in [7, 11) is 3.19. The molecule has 4 N–H and O–H groups in total. The number of rotatable bonds is 29. The van der Waals surface area contributed by atoms with Gasteiger partial charge in [0.1, 0.15) is 65.3 Å². The van der Waals surface area contributed by atoms with Crippen molar-refractivity contribution in [3.8, 4) is 73.8 Å². The van der Waals surface area contributed by atoms with E-state index < -0.39 is 0 Å². The highest BCUT2D eigenvalue weighted by atomic mass is 35.5. The summed E-state index contributed by atoms with van der Waals surface area (Å²) in [4.78, 5) is 72.6. The molecule has 5 aliphatic heterocycles. The van der Waals surface area contributed by atoms with E-state index in [-0.39, 0.29) is 42.6 Å². The molecule has 133 heavy (non-hydrogen) atoms. The molecule has 4 amide bonds. The van der Waals surface area contributed by atoms with E-state index in [1.807, 2.05) is 115 Å². The van der Waals surface area contributed by atoms with Gasteiger partial charge in [-0.15, -0.1) is 0 Å². The predicted octanol–water partition coefficient (Wildman–Crippen LogP) is 21.3. The van der Waals surface area contributed by atoms with Crippen LogP contribution in [-0.2, 0) is 114 Å². The number of nitrogens with zero attached hydrogens (tertiary/aromatic N) is 9. The van der Waals surface area contributed by atoms with Crippen molar-refractivity contribution in [2.75, 3.05) is 32.2 Å². The number of hydrogen-bond acceptors (Lipinski definition) is 14. The number of halogens is 4. The molecule has 0 radical (unpaired) electrons. The lowest BCUT2D eigenvalue weighted by molar-refractivity contribution is -0.121. The highest BCUT2D eigenvalue weighted by Crippen LogP contribution is 2.37. The Morgan fingerprint density at radius 3 is 1.13 bits per heavy atom. The van der Waals surface area contributed by atoms with Crippen molar-refractivity contribution in [3.05, 3.63) is 342 Å². The molecule has 2 fully saturated rings. The molecule has 6 aliphatic rings. The Bertz CT molecular complexity index is 6370. The van der Waals surface area contributed by atoms with Gasteiger partial charge in [-0.3, -0.25) is 19.2 Å². The first-order valence-corrected chi connectivity index (χ1v) is 47.3. The molecule has 20 rings (SSSR count). The van der Waals surface area contributed by atoms with Crippen molar-refractivity contribution in [3.63, 3.8) is 0 Å². The Hall–Kier alpha value is -13.1. The summed E-state index contributed by atoms with van der Waals surface area (Å²) in [6.07, 6.45) is 25.0. The maximum Gasteiger partial charge on any atom is 0.251 e. The van der Waals surface area contributed by atoms with Crippen LogP contribution in [0.3, 0.4) is 0 Å². The molecule has 0 unspecified atom stereocenters. The van der Waals surface area contributed by atoms with Gasteiger partial charge >= 0.3 is 0 Å². The van der Waals surface area contributed by atoms with Crippen LogP contribution in [0, 0.1) is 0 Å². The third-order valence-corrected chi connectivity index (χ3v) is 26.3. The van der Waals surface area contributed by atoms with Gasteiger partial charge in [0.25, 0.3) is 11.8 Å². The van der Waals surface area contributed by atoms with E-state index in [2.05, 4.69) is 112 Å². The molecule has 0 atom stereocenters. The number of aromatic nitrogens is 8. The van der Waals surface area contributed by atoms with Gasteiger partial charge in [0, 0.05) is 172 Å². The summed E-state index contributed by atoms with van der Waals surface area (Å²) >= 11 is 24.2. The van der Waals surface area contributed by atoms with E-state index in [0.29, 0.717) is 82.1 Å². The van der Waals surface area contributed by atoms with E-state index in [4.69, 9.17) is 90.0 Å². The topological polar surface area (TPSA) is 237 Å². The van der Waals surface area contributed by atoms with Crippen molar-refractivity contribution in [2.24, 2.45) is 0 Å². The average molecular weight is 1860 g/mol. The van der Waals surface area contributed by atoms with Crippen molar-refractivity contribution in [1.29, 1.82) is 0 Å². The smallest absolute Gasteiger partial charge is 0.251 e.